The maximum absolute atomic E-state index is 14.5. The number of carbonyl (C=O) groups is 2. The van der Waals surface area contributed by atoms with Gasteiger partial charge in [0.25, 0.3) is 0 Å². The largest absolute Gasteiger partial charge is 0.461 e. The average Bonchev–Trinajstić information content (AvgIpc) is 2.60. The van der Waals surface area contributed by atoms with Gasteiger partial charge in [-0.2, -0.15) is 17.6 Å². The van der Waals surface area contributed by atoms with E-state index < -0.39 is 40.3 Å². The molecule has 0 bridgehead atoms. The van der Waals surface area contributed by atoms with Crippen LogP contribution in [0.5, 0.6) is 0 Å². The lowest BCUT2D eigenvalue weighted by Crippen LogP contribution is -2.31. The van der Waals surface area contributed by atoms with Crippen LogP contribution >= 0.6 is 0 Å². The van der Waals surface area contributed by atoms with Gasteiger partial charge >= 0.3 is 23.8 Å². The Hall–Kier alpha value is -2.64. The minimum atomic E-state index is -4.17. The van der Waals surface area contributed by atoms with Gasteiger partial charge in [0, 0.05) is 16.5 Å². The van der Waals surface area contributed by atoms with E-state index in [1.54, 1.807) is 0 Å². The predicted molar refractivity (Wildman–Crippen MR) is 85.0 cm³/mol. The second-order valence-corrected chi connectivity index (χ2v) is 5.30. The number of carbonyl (C=O) groups excluding carboxylic acids is 2. The van der Waals surface area contributed by atoms with E-state index in [2.05, 4.69) is 9.47 Å². The molecule has 8 heteroatoms. The molecule has 4 nitrogen and oxygen atoms in total. The zero-order chi connectivity index (χ0) is 19.5. The van der Waals surface area contributed by atoms with Crippen molar-refractivity contribution in [3.63, 3.8) is 0 Å². The Bertz CT molecular complexity index is 768. The fourth-order valence-corrected chi connectivity index (χ4v) is 2.53. The summed E-state index contributed by atoms with van der Waals surface area (Å²) in [5, 5.41) is -0.570. The Labute approximate surface area is 146 Å². The van der Waals surface area contributed by atoms with Gasteiger partial charge < -0.3 is 9.47 Å². The molecule has 0 heterocycles. The summed E-state index contributed by atoms with van der Waals surface area (Å²) in [7, 11) is 0. The van der Waals surface area contributed by atoms with Gasteiger partial charge in [0.05, 0.1) is 13.2 Å². The number of alkyl halides is 4. The molecule has 0 radical (unpaired) electrons. The second-order valence-electron chi connectivity index (χ2n) is 5.30. The summed E-state index contributed by atoms with van der Waals surface area (Å²) < 4.78 is 66.9. The van der Waals surface area contributed by atoms with Crippen LogP contribution in [0.1, 0.15) is 25.0 Å². The van der Waals surface area contributed by atoms with Crippen molar-refractivity contribution >= 4 is 22.7 Å². The Balaban J connectivity index is 2.76. The maximum atomic E-state index is 14.5. The minimum absolute atomic E-state index is 0.0212. The average molecular weight is 372 g/mol. The van der Waals surface area contributed by atoms with E-state index in [0.717, 1.165) is 12.1 Å². The topological polar surface area (TPSA) is 52.6 Å². The molecular formula is C18H16F4O4. The standard InChI is InChI=1S/C18H16F4O4/c1-3-25-15(23)17(19,20)12-9-5-7-11-8-6-10-13(14(11)12)18(21,22)16(24)26-4-2/h5-10H,3-4H2,1-2H3. The molecule has 0 atom stereocenters. The van der Waals surface area contributed by atoms with Gasteiger partial charge in [-0.25, -0.2) is 9.59 Å². The van der Waals surface area contributed by atoms with E-state index >= 15 is 0 Å². The first kappa shape index (κ1) is 19.7. The van der Waals surface area contributed by atoms with Gasteiger partial charge in [-0.15, -0.1) is 0 Å². The maximum Gasteiger partial charge on any atom is 0.382 e. The number of fused-ring (bicyclic) bond motifs is 1. The van der Waals surface area contributed by atoms with E-state index in [1.807, 2.05) is 0 Å². The minimum Gasteiger partial charge on any atom is -0.461 e. The number of rotatable bonds is 6. The van der Waals surface area contributed by atoms with Crippen LogP contribution in [0.25, 0.3) is 10.8 Å². The van der Waals surface area contributed by atoms with Crippen molar-refractivity contribution in [2.75, 3.05) is 13.2 Å². The third-order valence-corrected chi connectivity index (χ3v) is 3.64. The summed E-state index contributed by atoms with van der Waals surface area (Å²) in [6.45, 7) is 2.09. The molecular weight excluding hydrogens is 356 g/mol. The summed E-state index contributed by atoms with van der Waals surface area (Å²) in [6.07, 6.45) is 0. The van der Waals surface area contributed by atoms with Crippen LogP contribution in [0, 0.1) is 0 Å². The molecule has 0 saturated carbocycles. The number of halogens is 4. The molecule has 140 valence electrons. The van der Waals surface area contributed by atoms with Gasteiger partial charge in [0.2, 0.25) is 0 Å². The molecule has 0 aliphatic rings. The Morgan fingerprint density at radius 2 is 1.19 bits per heavy atom. The highest BCUT2D eigenvalue weighted by Gasteiger charge is 2.48. The number of ether oxygens (including phenoxy) is 2. The molecule has 0 aliphatic heterocycles. The first-order chi connectivity index (χ1) is 12.2. The summed E-state index contributed by atoms with van der Waals surface area (Å²) in [5.74, 6) is -12.1. The first-order valence-electron chi connectivity index (χ1n) is 7.80. The van der Waals surface area contributed by atoms with Crippen molar-refractivity contribution in [3.05, 3.63) is 47.5 Å². The van der Waals surface area contributed by atoms with E-state index in [1.165, 1.54) is 38.1 Å². The normalized spacial score (nSPS) is 12.1. The van der Waals surface area contributed by atoms with Crippen molar-refractivity contribution in [2.24, 2.45) is 0 Å². The summed E-state index contributed by atoms with van der Waals surface area (Å²) in [5.41, 5.74) is -1.93. The molecule has 0 unspecified atom stereocenters. The Kier molecular flexibility index (Phi) is 5.53. The van der Waals surface area contributed by atoms with Gasteiger partial charge in [-0.3, -0.25) is 0 Å². The van der Waals surface area contributed by atoms with Crippen LogP contribution in [0.2, 0.25) is 0 Å². The van der Waals surface area contributed by atoms with E-state index in [4.69, 9.17) is 0 Å². The second kappa shape index (κ2) is 7.31. The number of esters is 2. The van der Waals surface area contributed by atoms with Crippen LogP contribution in [0.4, 0.5) is 17.6 Å². The quantitative estimate of drug-likeness (QED) is 0.565. The molecule has 0 fully saturated rings. The molecule has 0 N–H and O–H groups in total. The fourth-order valence-electron chi connectivity index (χ4n) is 2.53. The lowest BCUT2D eigenvalue weighted by Gasteiger charge is -2.22. The molecule has 2 aromatic carbocycles. The van der Waals surface area contributed by atoms with Gasteiger partial charge in [-0.05, 0) is 19.2 Å². The third kappa shape index (κ3) is 3.36. The Morgan fingerprint density at radius 1 is 0.808 bits per heavy atom. The van der Waals surface area contributed by atoms with E-state index in [0.29, 0.717) is 0 Å². The summed E-state index contributed by atoms with van der Waals surface area (Å²) in [4.78, 5) is 23.3. The van der Waals surface area contributed by atoms with E-state index in [9.17, 15) is 27.2 Å². The van der Waals surface area contributed by atoms with Crippen LogP contribution in [0.3, 0.4) is 0 Å². The molecule has 0 spiro atoms. The number of benzene rings is 2. The molecule has 0 aliphatic carbocycles. The highest BCUT2D eigenvalue weighted by molar-refractivity contribution is 5.97. The summed E-state index contributed by atoms with van der Waals surface area (Å²) >= 11 is 0. The van der Waals surface area contributed by atoms with Gasteiger partial charge in [0.15, 0.2) is 0 Å². The zero-order valence-electron chi connectivity index (χ0n) is 14.0. The van der Waals surface area contributed by atoms with Crippen LogP contribution in [-0.2, 0) is 30.9 Å². The third-order valence-electron chi connectivity index (χ3n) is 3.64. The molecule has 0 amide bonds. The Morgan fingerprint density at radius 3 is 1.54 bits per heavy atom. The monoisotopic (exact) mass is 372 g/mol. The number of hydrogen-bond acceptors (Lipinski definition) is 4. The molecule has 26 heavy (non-hydrogen) atoms. The molecule has 2 aromatic rings. The van der Waals surface area contributed by atoms with Crippen molar-refractivity contribution in [1.29, 1.82) is 0 Å². The summed E-state index contributed by atoms with van der Waals surface area (Å²) in [6, 6.07) is 6.76. The van der Waals surface area contributed by atoms with Crippen molar-refractivity contribution in [2.45, 2.75) is 25.7 Å². The fraction of sp³-hybridized carbons (Fsp3) is 0.333. The van der Waals surface area contributed by atoms with Gasteiger partial charge in [-0.1, -0.05) is 36.4 Å². The SMILES string of the molecule is CCOC(=O)C(F)(F)c1cccc2cccc(C(F)(F)C(=O)OCC)c12. The van der Waals surface area contributed by atoms with Crippen LogP contribution in [-0.4, -0.2) is 25.2 Å². The number of hydrogen-bond donors (Lipinski definition) is 0. The first-order valence-corrected chi connectivity index (χ1v) is 7.80. The van der Waals surface area contributed by atoms with Crippen molar-refractivity contribution in [1.82, 2.24) is 0 Å². The predicted octanol–water partition coefficient (Wildman–Crippen LogP) is 4.15. The van der Waals surface area contributed by atoms with Crippen LogP contribution in [0.15, 0.2) is 36.4 Å². The smallest absolute Gasteiger partial charge is 0.382 e. The van der Waals surface area contributed by atoms with E-state index in [-0.39, 0.29) is 18.6 Å². The van der Waals surface area contributed by atoms with Crippen LogP contribution < -0.4 is 0 Å². The highest BCUT2D eigenvalue weighted by Crippen LogP contribution is 2.41. The van der Waals surface area contributed by atoms with Gasteiger partial charge in [0.1, 0.15) is 0 Å². The zero-order valence-corrected chi connectivity index (χ0v) is 14.0. The lowest BCUT2D eigenvalue weighted by molar-refractivity contribution is -0.173. The van der Waals surface area contributed by atoms with Crippen molar-refractivity contribution < 1.29 is 36.6 Å². The highest BCUT2D eigenvalue weighted by atomic mass is 19.3. The van der Waals surface area contributed by atoms with Crippen molar-refractivity contribution in [3.8, 4) is 0 Å². The molecule has 0 aromatic heterocycles. The molecule has 2 rings (SSSR count). The lowest BCUT2D eigenvalue weighted by atomic mass is 9.92. The molecule has 0 saturated heterocycles.